The summed E-state index contributed by atoms with van der Waals surface area (Å²) in [7, 11) is 0. The SMILES string of the molecule is Cc1ccc2c(c1)S[C@H](C(=O)N1CCC(C)(CN)CC1)C2.Cl. The second kappa shape index (κ2) is 6.81. The molecule has 0 saturated carbocycles. The molecule has 22 heavy (non-hydrogen) atoms. The van der Waals surface area contributed by atoms with E-state index in [-0.39, 0.29) is 23.1 Å². The molecule has 1 atom stereocenters. The molecule has 0 aliphatic carbocycles. The maximum absolute atomic E-state index is 12.7. The van der Waals surface area contributed by atoms with Crippen LogP contribution in [0, 0.1) is 12.3 Å². The molecule has 2 heterocycles. The van der Waals surface area contributed by atoms with E-state index < -0.39 is 0 Å². The standard InChI is InChI=1S/C17H24N2OS.ClH/c1-12-3-4-13-10-15(21-14(13)9-12)16(20)19-7-5-17(2,11-18)6-8-19;/h3-4,9,15H,5-8,10-11,18H2,1-2H3;1H/t15-;/m0./s1. The molecule has 1 amide bonds. The number of carbonyl (C=O) groups excluding carboxylic acids is 1. The lowest BCUT2D eigenvalue weighted by atomic mass is 9.80. The van der Waals surface area contributed by atoms with E-state index in [0.29, 0.717) is 5.91 Å². The van der Waals surface area contributed by atoms with Crippen LogP contribution in [0.1, 0.15) is 30.9 Å². The number of halogens is 1. The Labute approximate surface area is 143 Å². The quantitative estimate of drug-likeness (QED) is 0.900. The lowest BCUT2D eigenvalue weighted by Gasteiger charge is -2.39. The summed E-state index contributed by atoms with van der Waals surface area (Å²) in [5.74, 6) is 0.313. The van der Waals surface area contributed by atoms with Crippen LogP contribution < -0.4 is 5.73 Å². The molecule has 1 aromatic carbocycles. The smallest absolute Gasteiger partial charge is 0.236 e. The molecule has 0 spiro atoms. The van der Waals surface area contributed by atoms with Crippen LogP contribution in [0.2, 0.25) is 0 Å². The molecule has 0 unspecified atom stereocenters. The molecule has 1 fully saturated rings. The van der Waals surface area contributed by atoms with Gasteiger partial charge in [0.05, 0.1) is 5.25 Å². The molecular weight excluding hydrogens is 316 g/mol. The number of carbonyl (C=O) groups is 1. The van der Waals surface area contributed by atoms with E-state index in [1.165, 1.54) is 16.0 Å². The molecule has 3 rings (SSSR count). The third-order valence-electron chi connectivity index (χ3n) is 4.95. The molecule has 3 nitrogen and oxygen atoms in total. The number of thioether (sulfide) groups is 1. The van der Waals surface area contributed by atoms with Crippen molar-refractivity contribution in [2.45, 2.75) is 43.3 Å². The van der Waals surface area contributed by atoms with Gasteiger partial charge in [-0.25, -0.2) is 0 Å². The van der Waals surface area contributed by atoms with Crippen LogP contribution in [-0.4, -0.2) is 35.7 Å². The van der Waals surface area contributed by atoms with Gasteiger partial charge in [0.1, 0.15) is 0 Å². The minimum Gasteiger partial charge on any atom is -0.342 e. The summed E-state index contributed by atoms with van der Waals surface area (Å²) in [5.41, 5.74) is 8.66. The number of benzene rings is 1. The molecule has 5 heteroatoms. The fourth-order valence-electron chi connectivity index (χ4n) is 3.15. The molecule has 0 bridgehead atoms. The Balaban J connectivity index is 0.00000176. The first-order chi connectivity index (χ1) is 10.0. The normalized spacial score (nSPS) is 22.9. The van der Waals surface area contributed by atoms with Crippen LogP contribution in [0.4, 0.5) is 0 Å². The van der Waals surface area contributed by atoms with Gasteiger partial charge in [-0.1, -0.05) is 24.6 Å². The Morgan fingerprint density at radius 3 is 2.73 bits per heavy atom. The Morgan fingerprint density at radius 2 is 2.09 bits per heavy atom. The number of piperidine rings is 1. The number of rotatable bonds is 2. The van der Waals surface area contributed by atoms with E-state index in [1.54, 1.807) is 11.8 Å². The summed E-state index contributed by atoms with van der Waals surface area (Å²) in [6.07, 6.45) is 2.93. The van der Waals surface area contributed by atoms with Crippen LogP contribution in [0.5, 0.6) is 0 Å². The fourth-order valence-corrected chi connectivity index (χ4v) is 4.52. The van der Waals surface area contributed by atoms with Crippen molar-refractivity contribution in [3.63, 3.8) is 0 Å². The van der Waals surface area contributed by atoms with Crippen molar-refractivity contribution >= 4 is 30.1 Å². The van der Waals surface area contributed by atoms with Gasteiger partial charge in [0.25, 0.3) is 0 Å². The Kier molecular flexibility index (Phi) is 5.46. The number of fused-ring (bicyclic) bond motifs is 1. The van der Waals surface area contributed by atoms with Crippen LogP contribution in [0.25, 0.3) is 0 Å². The van der Waals surface area contributed by atoms with Gasteiger partial charge in [0.15, 0.2) is 0 Å². The zero-order valence-electron chi connectivity index (χ0n) is 13.3. The van der Waals surface area contributed by atoms with Crippen LogP contribution >= 0.6 is 24.2 Å². The maximum atomic E-state index is 12.7. The third-order valence-corrected chi connectivity index (χ3v) is 6.23. The average Bonchev–Trinajstić information content (AvgIpc) is 2.90. The summed E-state index contributed by atoms with van der Waals surface area (Å²) in [4.78, 5) is 16.1. The first-order valence-electron chi connectivity index (χ1n) is 7.76. The largest absolute Gasteiger partial charge is 0.342 e. The molecule has 2 aliphatic rings. The van der Waals surface area contributed by atoms with Crippen molar-refractivity contribution < 1.29 is 4.79 Å². The summed E-state index contributed by atoms with van der Waals surface area (Å²) in [6, 6.07) is 6.52. The summed E-state index contributed by atoms with van der Waals surface area (Å²) in [6.45, 7) is 6.78. The highest BCUT2D eigenvalue weighted by Crippen LogP contribution is 2.39. The Morgan fingerprint density at radius 1 is 1.41 bits per heavy atom. The molecule has 1 aromatic rings. The summed E-state index contributed by atoms with van der Waals surface area (Å²) < 4.78 is 0. The molecule has 2 aliphatic heterocycles. The number of likely N-dealkylation sites (tertiary alicyclic amines) is 1. The van der Waals surface area contributed by atoms with Crippen molar-refractivity contribution in [2.75, 3.05) is 19.6 Å². The van der Waals surface area contributed by atoms with Gasteiger partial charge >= 0.3 is 0 Å². The van der Waals surface area contributed by atoms with E-state index >= 15 is 0 Å². The predicted octanol–water partition coefficient (Wildman–Crippen LogP) is 3.02. The summed E-state index contributed by atoms with van der Waals surface area (Å²) in [5, 5.41) is 0.0732. The molecule has 0 aromatic heterocycles. The molecule has 122 valence electrons. The van der Waals surface area contributed by atoms with Gasteiger partial charge in [-0.3, -0.25) is 4.79 Å². The van der Waals surface area contributed by atoms with E-state index in [0.717, 1.165) is 38.9 Å². The van der Waals surface area contributed by atoms with Crippen LogP contribution in [-0.2, 0) is 11.2 Å². The average molecular weight is 341 g/mol. The molecular formula is C17H25ClN2OS. The number of nitrogens with zero attached hydrogens (tertiary/aromatic N) is 1. The molecule has 2 N–H and O–H groups in total. The zero-order valence-corrected chi connectivity index (χ0v) is 14.9. The molecule has 1 saturated heterocycles. The third kappa shape index (κ3) is 3.44. The fraction of sp³-hybridized carbons (Fsp3) is 0.588. The zero-order chi connectivity index (χ0) is 15.0. The van der Waals surface area contributed by atoms with E-state index in [9.17, 15) is 4.79 Å². The minimum atomic E-state index is 0. The van der Waals surface area contributed by atoms with E-state index in [2.05, 4.69) is 32.0 Å². The van der Waals surface area contributed by atoms with Gasteiger partial charge in [-0.05, 0) is 49.8 Å². The predicted molar refractivity (Wildman–Crippen MR) is 94.8 cm³/mol. The first-order valence-corrected chi connectivity index (χ1v) is 8.64. The topological polar surface area (TPSA) is 46.3 Å². The first kappa shape index (κ1) is 17.6. The van der Waals surface area contributed by atoms with Crippen LogP contribution in [0.3, 0.4) is 0 Å². The lowest BCUT2D eigenvalue weighted by molar-refractivity contribution is -0.132. The van der Waals surface area contributed by atoms with Gasteiger partial charge in [0, 0.05) is 18.0 Å². The highest BCUT2D eigenvalue weighted by atomic mass is 35.5. The molecule has 0 radical (unpaired) electrons. The number of amides is 1. The number of hydrogen-bond donors (Lipinski definition) is 1. The van der Waals surface area contributed by atoms with E-state index in [4.69, 9.17) is 5.73 Å². The van der Waals surface area contributed by atoms with Gasteiger partial charge < -0.3 is 10.6 Å². The van der Waals surface area contributed by atoms with Crippen molar-refractivity contribution in [1.82, 2.24) is 4.90 Å². The van der Waals surface area contributed by atoms with Crippen molar-refractivity contribution in [3.05, 3.63) is 29.3 Å². The van der Waals surface area contributed by atoms with Gasteiger partial charge in [-0.2, -0.15) is 0 Å². The van der Waals surface area contributed by atoms with E-state index in [1.807, 2.05) is 4.90 Å². The van der Waals surface area contributed by atoms with Crippen molar-refractivity contribution in [1.29, 1.82) is 0 Å². The summed E-state index contributed by atoms with van der Waals surface area (Å²) >= 11 is 1.74. The highest BCUT2D eigenvalue weighted by Gasteiger charge is 2.35. The minimum absolute atomic E-state index is 0. The lowest BCUT2D eigenvalue weighted by Crippen LogP contribution is -2.47. The highest BCUT2D eigenvalue weighted by molar-refractivity contribution is 8.01. The second-order valence-corrected chi connectivity index (χ2v) is 8.01. The van der Waals surface area contributed by atoms with Crippen molar-refractivity contribution in [2.24, 2.45) is 11.1 Å². The number of nitrogens with two attached hydrogens (primary N) is 1. The number of hydrogen-bond acceptors (Lipinski definition) is 3. The second-order valence-electron chi connectivity index (χ2n) is 6.76. The Hall–Kier alpha value is -0.710. The number of aryl methyl sites for hydroxylation is 1. The van der Waals surface area contributed by atoms with Crippen molar-refractivity contribution in [3.8, 4) is 0 Å². The monoisotopic (exact) mass is 340 g/mol. The Bertz CT molecular complexity index is 556. The van der Waals surface area contributed by atoms with Gasteiger partial charge in [0.2, 0.25) is 5.91 Å². The van der Waals surface area contributed by atoms with Gasteiger partial charge in [-0.15, -0.1) is 24.2 Å². The van der Waals surface area contributed by atoms with Crippen LogP contribution in [0.15, 0.2) is 23.1 Å². The maximum Gasteiger partial charge on any atom is 0.236 e.